The SMILES string of the molecule is Cc1c(Cl)cccc1NC(=S)N1CCN(S(=O)(=O)c2ccc(Cl)cc2)CC1. The molecular formula is C18H19Cl2N3O2S2. The molecular weight excluding hydrogens is 425 g/mol. The zero-order valence-electron chi connectivity index (χ0n) is 14.7. The molecule has 3 rings (SSSR count). The summed E-state index contributed by atoms with van der Waals surface area (Å²) in [5.41, 5.74) is 1.77. The number of benzene rings is 2. The molecule has 1 heterocycles. The van der Waals surface area contributed by atoms with Crippen molar-refractivity contribution in [3.8, 4) is 0 Å². The van der Waals surface area contributed by atoms with E-state index in [2.05, 4.69) is 5.32 Å². The Bertz CT molecular complexity index is 942. The first-order chi connectivity index (χ1) is 12.8. The zero-order valence-corrected chi connectivity index (χ0v) is 17.8. The molecule has 5 nitrogen and oxygen atoms in total. The average Bonchev–Trinajstić information content (AvgIpc) is 2.66. The highest BCUT2D eigenvalue weighted by atomic mass is 35.5. The number of nitrogens with one attached hydrogen (secondary N) is 1. The van der Waals surface area contributed by atoms with Gasteiger partial charge in [-0.15, -0.1) is 0 Å². The first-order valence-corrected chi connectivity index (χ1v) is 11.0. The van der Waals surface area contributed by atoms with Crippen LogP contribution in [0.25, 0.3) is 0 Å². The molecule has 1 aliphatic rings. The van der Waals surface area contributed by atoms with Crippen LogP contribution >= 0.6 is 35.4 Å². The molecule has 0 aliphatic carbocycles. The number of anilines is 1. The van der Waals surface area contributed by atoms with Crippen molar-refractivity contribution in [1.82, 2.24) is 9.21 Å². The number of piperazine rings is 1. The summed E-state index contributed by atoms with van der Waals surface area (Å²) < 4.78 is 27.0. The first kappa shape index (κ1) is 20.4. The van der Waals surface area contributed by atoms with E-state index < -0.39 is 10.0 Å². The molecule has 0 unspecified atom stereocenters. The number of thiocarbonyl (C=S) groups is 1. The van der Waals surface area contributed by atoms with Crippen LogP contribution in [0.1, 0.15) is 5.56 Å². The molecule has 2 aromatic carbocycles. The van der Waals surface area contributed by atoms with E-state index in [1.807, 2.05) is 30.0 Å². The minimum absolute atomic E-state index is 0.246. The van der Waals surface area contributed by atoms with Crippen LogP contribution in [0, 0.1) is 6.92 Å². The minimum atomic E-state index is -3.53. The fourth-order valence-electron chi connectivity index (χ4n) is 2.82. The van der Waals surface area contributed by atoms with Crippen molar-refractivity contribution in [2.45, 2.75) is 11.8 Å². The molecule has 0 saturated carbocycles. The van der Waals surface area contributed by atoms with Crippen molar-refractivity contribution in [2.24, 2.45) is 0 Å². The van der Waals surface area contributed by atoms with E-state index in [-0.39, 0.29) is 4.90 Å². The summed E-state index contributed by atoms with van der Waals surface area (Å²) in [7, 11) is -3.53. The molecule has 1 aliphatic heterocycles. The van der Waals surface area contributed by atoms with Crippen LogP contribution in [-0.2, 0) is 10.0 Å². The van der Waals surface area contributed by atoms with Crippen LogP contribution in [0.5, 0.6) is 0 Å². The van der Waals surface area contributed by atoms with Crippen molar-refractivity contribution in [1.29, 1.82) is 0 Å². The van der Waals surface area contributed by atoms with Gasteiger partial charge in [0.1, 0.15) is 0 Å². The monoisotopic (exact) mass is 443 g/mol. The predicted octanol–water partition coefficient (Wildman–Crippen LogP) is 4.01. The molecule has 0 spiro atoms. The molecule has 144 valence electrons. The van der Waals surface area contributed by atoms with E-state index in [0.717, 1.165) is 11.3 Å². The quantitative estimate of drug-likeness (QED) is 0.726. The molecule has 9 heteroatoms. The maximum atomic E-state index is 12.7. The second-order valence-corrected chi connectivity index (χ2v) is 9.36. The van der Waals surface area contributed by atoms with E-state index in [1.54, 1.807) is 12.1 Å². The van der Waals surface area contributed by atoms with Gasteiger partial charge in [-0.25, -0.2) is 8.42 Å². The van der Waals surface area contributed by atoms with Gasteiger partial charge in [-0.3, -0.25) is 0 Å². The predicted molar refractivity (Wildman–Crippen MR) is 114 cm³/mol. The number of hydrogen-bond donors (Lipinski definition) is 1. The van der Waals surface area contributed by atoms with Gasteiger partial charge in [0.2, 0.25) is 10.0 Å². The Balaban J connectivity index is 1.63. The van der Waals surface area contributed by atoms with Crippen molar-refractivity contribution >= 4 is 56.2 Å². The third kappa shape index (κ3) is 4.55. The van der Waals surface area contributed by atoms with Gasteiger partial charge < -0.3 is 10.2 Å². The Hall–Kier alpha value is -1.38. The molecule has 0 radical (unpaired) electrons. The number of hydrogen-bond acceptors (Lipinski definition) is 3. The molecule has 1 saturated heterocycles. The summed E-state index contributed by atoms with van der Waals surface area (Å²) in [4.78, 5) is 2.21. The van der Waals surface area contributed by atoms with Crippen LogP contribution in [0.2, 0.25) is 10.0 Å². The molecule has 1 fully saturated rings. The summed E-state index contributed by atoms with van der Waals surface area (Å²) in [5, 5.41) is 4.94. The minimum Gasteiger partial charge on any atom is -0.346 e. The zero-order chi connectivity index (χ0) is 19.6. The topological polar surface area (TPSA) is 52.6 Å². The third-order valence-electron chi connectivity index (χ3n) is 4.49. The maximum Gasteiger partial charge on any atom is 0.243 e. The van der Waals surface area contributed by atoms with Gasteiger partial charge in [0, 0.05) is 41.9 Å². The first-order valence-electron chi connectivity index (χ1n) is 8.36. The molecule has 2 aromatic rings. The van der Waals surface area contributed by atoms with E-state index in [0.29, 0.717) is 41.3 Å². The smallest absolute Gasteiger partial charge is 0.243 e. The Morgan fingerprint density at radius 1 is 1.04 bits per heavy atom. The maximum absolute atomic E-state index is 12.7. The lowest BCUT2D eigenvalue weighted by Crippen LogP contribution is -2.51. The molecule has 0 atom stereocenters. The van der Waals surface area contributed by atoms with Crippen molar-refractivity contribution in [2.75, 3.05) is 31.5 Å². The summed E-state index contributed by atoms with van der Waals surface area (Å²) in [5.74, 6) is 0. The lowest BCUT2D eigenvalue weighted by atomic mass is 10.2. The van der Waals surface area contributed by atoms with Gasteiger partial charge in [0.25, 0.3) is 0 Å². The molecule has 1 N–H and O–H groups in total. The second kappa shape index (κ2) is 8.32. The fraction of sp³-hybridized carbons (Fsp3) is 0.278. The number of sulfonamides is 1. The summed E-state index contributed by atoms with van der Waals surface area (Å²) in [6.45, 7) is 3.67. The van der Waals surface area contributed by atoms with Crippen molar-refractivity contribution in [3.05, 3.63) is 58.1 Å². The fourth-order valence-corrected chi connectivity index (χ4v) is 4.84. The summed E-state index contributed by atoms with van der Waals surface area (Å²) >= 11 is 17.5. The highest BCUT2D eigenvalue weighted by Gasteiger charge is 2.29. The normalized spacial score (nSPS) is 15.6. The van der Waals surface area contributed by atoms with Crippen LogP contribution < -0.4 is 5.32 Å². The lowest BCUT2D eigenvalue weighted by molar-refractivity contribution is 0.268. The van der Waals surface area contributed by atoms with Gasteiger partial charge >= 0.3 is 0 Å². The largest absolute Gasteiger partial charge is 0.346 e. The van der Waals surface area contributed by atoms with Crippen molar-refractivity contribution < 1.29 is 8.42 Å². The standard InChI is InChI=1S/C18H19Cl2N3O2S2/c1-13-16(20)3-2-4-17(13)21-18(26)22-9-11-23(12-10-22)27(24,25)15-7-5-14(19)6-8-15/h2-8H,9-12H2,1H3,(H,21,26). The molecule has 27 heavy (non-hydrogen) atoms. The number of rotatable bonds is 3. The van der Waals surface area contributed by atoms with Crippen LogP contribution in [0.4, 0.5) is 5.69 Å². The number of nitrogens with zero attached hydrogens (tertiary/aromatic N) is 2. The Morgan fingerprint density at radius 2 is 1.67 bits per heavy atom. The molecule has 0 aromatic heterocycles. The number of halogens is 2. The average molecular weight is 444 g/mol. The van der Waals surface area contributed by atoms with E-state index in [9.17, 15) is 8.42 Å². The lowest BCUT2D eigenvalue weighted by Gasteiger charge is -2.35. The molecule has 0 amide bonds. The van der Waals surface area contributed by atoms with Gasteiger partial charge in [-0.05, 0) is 61.1 Å². The second-order valence-electron chi connectivity index (χ2n) is 6.19. The summed E-state index contributed by atoms with van der Waals surface area (Å²) in [6, 6.07) is 11.8. The van der Waals surface area contributed by atoms with Gasteiger partial charge in [0.05, 0.1) is 4.90 Å². The summed E-state index contributed by atoms with van der Waals surface area (Å²) in [6.07, 6.45) is 0. The third-order valence-corrected chi connectivity index (χ3v) is 7.42. The van der Waals surface area contributed by atoms with E-state index in [4.69, 9.17) is 35.4 Å². The van der Waals surface area contributed by atoms with Gasteiger partial charge in [0.15, 0.2) is 5.11 Å². The van der Waals surface area contributed by atoms with E-state index in [1.165, 1.54) is 16.4 Å². The van der Waals surface area contributed by atoms with Crippen molar-refractivity contribution in [3.63, 3.8) is 0 Å². The van der Waals surface area contributed by atoms with Crippen LogP contribution in [0.3, 0.4) is 0 Å². The van der Waals surface area contributed by atoms with Gasteiger partial charge in [-0.1, -0.05) is 29.3 Å². The Labute approximate surface area is 174 Å². The van der Waals surface area contributed by atoms with Gasteiger partial charge in [-0.2, -0.15) is 4.31 Å². The highest BCUT2D eigenvalue weighted by molar-refractivity contribution is 7.89. The highest BCUT2D eigenvalue weighted by Crippen LogP contribution is 2.24. The Morgan fingerprint density at radius 3 is 2.30 bits per heavy atom. The molecule has 0 bridgehead atoms. The Kier molecular flexibility index (Phi) is 6.28. The van der Waals surface area contributed by atoms with Crippen LogP contribution in [0.15, 0.2) is 47.4 Å². The van der Waals surface area contributed by atoms with E-state index >= 15 is 0 Å². The van der Waals surface area contributed by atoms with Crippen LogP contribution in [-0.4, -0.2) is 48.9 Å².